The molecule has 1 fully saturated rings. The van der Waals surface area contributed by atoms with Crippen LogP contribution in [0.1, 0.15) is 31.0 Å². The van der Waals surface area contributed by atoms with Crippen LogP contribution in [0.3, 0.4) is 0 Å². The molecule has 170 valence electrons. The van der Waals surface area contributed by atoms with Gasteiger partial charge in [-0.15, -0.1) is 10.2 Å². The summed E-state index contributed by atoms with van der Waals surface area (Å²) in [5, 5.41) is 16.2. The minimum Gasteiger partial charge on any atom is -0.309 e. The van der Waals surface area contributed by atoms with Crippen molar-refractivity contribution in [3.8, 4) is 17.6 Å². The number of nitrogens with zero attached hydrogens (tertiary/aromatic N) is 7. The molecule has 0 bridgehead atoms. The lowest BCUT2D eigenvalue weighted by molar-refractivity contribution is -0.141. The van der Waals surface area contributed by atoms with Crippen LogP contribution >= 0.6 is 0 Å². The summed E-state index contributed by atoms with van der Waals surface area (Å²) in [5.41, 5.74) is -0.813. The Morgan fingerprint density at radius 1 is 1.21 bits per heavy atom. The van der Waals surface area contributed by atoms with Gasteiger partial charge in [-0.2, -0.15) is 18.4 Å². The van der Waals surface area contributed by atoms with E-state index in [2.05, 4.69) is 26.2 Å². The van der Waals surface area contributed by atoms with E-state index >= 15 is 0 Å². The van der Waals surface area contributed by atoms with Crippen LogP contribution in [-0.2, 0) is 28.5 Å². The molecule has 0 amide bonds. The van der Waals surface area contributed by atoms with Gasteiger partial charge in [0.15, 0.2) is 32.0 Å². The van der Waals surface area contributed by atoms with Gasteiger partial charge in [-0.1, -0.05) is 6.92 Å². The molecule has 4 aromatic heterocycles. The topological polar surface area (TPSA) is 119 Å². The fourth-order valence-electron chi connectivity index (χ4n) is 3.83. The number of fused-ring (bicyclic) bond motifs is 2. The molecule has 0 aromatic carbocycles. The van der Waals surface area contributed by atoms with Crippen molar-refractivity contribution < 1.29 is 21.6 Å². The smallest absolute Gasteiger partial charge is 0.309 e. The fraction of sp³-hybridized carbons (Fsp3) is 0.350. The largest absolute Gasteiger partial charge is 0.435 e. The van der Waals surface area contributed by atoms with Crippen LogP contribution in [0.15, 0.2) is 29.4 Å². The van der Waals surface area contributed by atoms with Crippen molar-refractivity contribution in [1.82, 2.24) is 29.1 Å². The molecule has 4 aromatic rings. The molecule has 1 aliphatic carbocycles. The van der Waals surface area contributed by atoms with Crippen molar-refractivity contribution in [1.29, 1.82) is 5.26 Å². The second-order valence-electron chi connectivity index (χ2n) is 7.94. The highest BCUT2D eigenvalue weighted by atomic mass is 32.2. The van der Waals surface area contributed by atoms with E-state index in [0.29, 0.717) is 18.5 Å². The number of halogens is 3. The Balaban J connectivity index is 1.78. The van der Waals surface area contributed by atoms with Gasteiger partial charge in [0, 0.05) is 19.3 Å². The number of hydrogen-bond donors (Lipinski definition) is 0. The van der Waals surface area contributed by atoms with Crippen LogP contribution in [0.4, 0.5) is 13.2 Å². The predicted molar refractivity (Wildman–Crippen MR) is 110 cm³/mol. The Labute approximate surface area is 185 Å². The molecule has 0 spiro atoms. The van der Waals surface area contributed by atoms with Crippen molar-refractivity contribution in [2.75, 3.05) is 5.75 Å². The maximum atomic E-state index is 13.1. The first-order chi connectivity index (χ1) is 15.5. The van der Waals surface area contributed by atoms with E-state index in [1.165, 1.54) is 22.9 Å². The van der Waals surface area contributed by atoms with E-state index in [4.69, 9.17) is 0 Å². The molecule has 0 aliphatic heterocycles. The number of aryl methyl sites for hydroxylation is 1. The summed E-state index contributed by atoms with van der Waals surface area (Å²) in [6.07, 6.45) is -1.74. The van der Waals surface area contributed by atoms with Crippen LogP contribution in [-0.4, -0.2) is 43.3 Å². The van der Waals surface area contributed by atoms with Crippen molar-refractivity contribution in [2.24, 2.45) is 7.05 Å². The molecule has 0 N–H and O–H groups in total. The number of imidazole rings is 2. The molecule has 0 atom stereocenters. The highest BCUT2D eigenvalue weighted by Crippen LogP contribution is 2.48. The zero-order chi connectivity index (χ0) is 23.8. The molecule has 0 unspecified atom stereocenters. The molecule has 1 aliphatic rings. The minimum atomic E-state index is -4.70. The van der Waals surface area contributed by atoms with E-state index in [9.17, 15) is 26.9 Å². The number of alkyl halides is 3. The maximum Gasteiger partial charge on any atom is 0.435 e. The lowest BCUT2D eigenvalue weighted by Gasteiger charge is -2.08. The van der Waals surface area contributed by atoms with Crippen LogP contribution in [0.2, 0.25) is 0 Å². The Morgan fingerprint density at radius 3 is 2.55 bits per heavy atom. The summed E-state index contributed by atoms with van der Waals surface area (Å²) in [6.45, 7) is 1.48. The number of rotatable bonds is 4. The van der Waals surface area contributed by atoms with Crippen LogP contribution in [0, 0.1) is 11.3 Å². The zero-order valence-electron chi connectivity index (χ0n) is 17.4. The van der Waals surface area contributed by atoms with Gasteiger partial charge in [-0.3, -0.25) is 4.40 Å². The average molecular weight is 475 g/mol. The Hall–Kier alpha value is -3.53. The van der Waals surface area contributed by atoms with Gasteiger partial charge < -0.3 is 4.57 Å². The standard InChI is InChI=1S/C20H16F3N7O2S/c1-3-33(31,32)18-15(26-14-8-11(4-7-30(14)18)19(10-24)5-6-19)17-25-12-9-13(20(21,22)23)27-28-16(12)29(17)2/h4,7-9H,3,5-6H2,1-2H3. The summed E-state index contributed by atoms with van der Waals surface area (Å²) < 4.78 is 68.0. The van der Waals surface area contributed by atoms with E-state index in [-0.39, 0.29) is 33.5 Å². The van der Waals surface area contributed by atoms with Gasteiger partial charge in [0.2, 0.25) is 0 Å². The average Bonchev–Trinajstić information content (AvgIpc) is 3.38. The van der Waals surface area contributed by atoms with E-state index in [0.717, 1.165) is 11.6 Å². The number of hydrogen-bond acceptors (Lipinski definition) is 7. The first kappa shape index (κ1) is 21.3. The molecule has 0 saturated heterocycles. The molecule has 0 radical (unpaired) electrons. The number of sulfone groups is 1. The van der Waals surface area contributed by atoms with Gasteiger partial charge in [0.1, 0.15) is 16.9 Å². The van der Waals surface area contributed by atoms with E-state index < -0.39 is 27.1 Å². The predicted octanol–water partition coefficient (Wildman–Crippen LogP) is 3.05. The zero-order valence-corrected chi connectivity index (χ0v) is 18.2. The number of nitriles is 1. The van der Waals surface area contributed by atoms with Crippen molar-refractivity contribution in [2.45, 2.75) is 36.4 Å². The first-order valence-corrected chi connectivity index (χ1v) is 11.6. The SMILES string of the molecule is CCS(=O)(=O)c1c(-c2nc3cc(C(F)(F)F)nnc3n2C)nc2cc(C3(C#N)CC3)ccn12. The van der Waals surface area contributed by atoms with Crippen molar-refractivity contribution in [3.05, 3.63) is 35.7 Å². The van der Waals surface area contributed by atoms with Gasteiger partial charge in [0.05, 0.1) is 17.2 Å². The van der Waals surface area contributed by atoms with Crippen LogP contribution < -0.4 is 0 Å². The molecule has 9 nitrogen and oxygen atoms in total. The van der Waals surface area contributed by atoms with Crippen molar-refractivity contribution >= 4 is 26.6 Å². The molecule has 1 saturated carbocycles. The molecular formula is C20H16F3N7O2S. The summed E-state index contributed by atoms with van der Waals surface area (Å²) in [5.74, 6) is -0.183. The highest BCUT2D eigenvalue weighted by Gasteiger charge is 2.45. The lowest BCUT2D eigenvalue weighted by Crippen LogP contribution is -2.10. The monoisotopic (exact) mass is 475 g/mol. The summed E-state index contributed by atoms with van der Waals surface area (Å²) >= 11 is 0. The molecular weight excluding hydrogens is 459 g/mol. The molecule has 13 heteroatoms. The normalized spacial score (nSPS) is 15.8. The summed E-state index contributed by atoms with van der Waals surface area (Å²) in [4.78, 5) is 8.71. The van der Waals surface area contributed by atoms with Gasteiger partial charge >= 0.3 is 6.18 Å². The highest BCUT2D eigenvalue weighted by molar-refractivity contribution is 7.91. The third-order valence-electron chi connectivity index (χ3n) is 5.89. The third kappa shape index (κ3) is 3.16. The number of aromatic nitrogens is 6. The number of pyridine rings is 1. The van der Waals surface area contributed by atoms with Gasteiger partial charge in [0.25, 0.3) is 0 Å². The second-order valence-corrected chi connectivity index (χ2v) is 10.1. The minimum absolute atomic E-state index is 0.00939. The molecule has 33 heavy (non-hydrogen) atoms. The van der Waals surface area contributed by atoms with E-state index in [1.807, 2.05) is 0 Å². The van der Waals surface area contributed by atoms with E-state index in [1.54, 1.807) is 18.3 Å². The fourth-order valence-corrected chi connectivity index (χ4v) is 4.98. The second kappa shape index (κ2) is 6.74. The Bertz CT molecular complexity index is 1590. The van der Waals surface area contributed by atoms with Gasteiger partial charge in [-0.05, 0) is 30.5 Å². The summed E-state index contributed by atoms with van der Waals surface area (Å²) in [7, 11) is -2.32. The van der Waals surface area contributed by atoms with Crippen LogP contribution in [0.5, 0.6) is 0 Å². The molecule has 4 heterocycles. The molecule has 5 rings (SSSR count). The third-order valence-corrected chi connectivity index (χ3v) is 7.63. The van der Waals surface area contributed by atoms with Crippen molar-refractivity contribution in [3.63, 3.8) is 0 Å². The van der Waals surface area contributed by atoms with Gasteiger partial charge in [-0.25, -0.2) is 18.4 Å². The quantitative estimate of drug-likeness (QED) is 0.445. The first-order valence-electron chi connectivity index (χ1n) is 9.95. The lowest BCUT2D eigenvalue weighted by atomic mass is 9.99. The Kier molecular flexibility index (Phi) is 4.35. The summed E-state index contributed by atoms with van der Waals surface area (Å²) in [6, 6.07) is 6.41. The Morgan fingerprint density at radius 2 is 1.94 bits per heavy atom. The van der Waals surface area contributed by atoms with Crippen LogP contribution in [0.25, 0.3) is 28.3 Å². The maximum absolute atomic E-state index is 13.1.